The summed E-state index contributed by atoms with van der Waals surface area (Å²) in [5.41, 5.74) is 1.93. The number of hydrogen-bond donors (Lipinski definition) is 1. The van der Waals surface area contributed by atoms with Crippen molar-refractivity contribution in [3.8, 4) is 0 Å². The first kappa shape index (κ1) is 12.8. The highest BCUT2D eigenvalue weighted by Crippen LogP contribution is 2.12. The van der Waals surface area contributed by atoms with Crippen molar-refractivity contribution in [3.05, 3.63) is 48.3 Å². The molecule has 18 heavy (non-hydrogen) atoms. The van der Waals surface area contributed by atoms with E-state index in [1.807, 2.05) is 41.2 Å². The van der Waals surface area contributed by atoms with Gasteiger partial charge in [0.15, 0.2) is 0 Å². The highest BCUT2D eigenvalue weighted by molar-refractivity contribution is 9.09. The molecule has 0 saturated carbocycles. The first-order valence-corrected chi connectivity index (χ1v) is 6.82. The molecule has 1 amide bonds. The van der Waals surface area contributed by atoms with Crippen LogP contribution in [0.15, 0.2) is 42.7 Å². The zero-order chi connectivity index (χ0) is 12.8. The third-order valence-corrected chi connectivity index (χ3v) is 2.83. The highest BCUT2D eigenvalue weighted by atomic mass is 79.9. The summed E-state index contributed by atoms with van der Waals surface area (Å²) >= 11 is 3.25. The van der Waals surface area contributed by atoms with Crippen molar-refractivity contribution in [1.29, 1.82) is 0 Å². The fourth-order valence-electron chi connectivity index (χ4n) is 1.64. The monoisotopic (exact) mass is 307 g/mol. The Morgan fingerprint density at radius 1 is 1.39 bits per heavy atom. The van der Waals surface area contributed by atoms with Gasteiger partial charge in [0.2, 0.25) is 5.91 Å². The first-order chi connectivity index (χ1) is 8.78. The third kappa shape index (κ3) is 3.70. The Balaban J connectivity index is 2.03. The predicted octanol–water partition coefficient (Wildman–Crippen LogP) is 2.65. The Morgan fingerprint density at radius 3 is 3.00 bits per heavy atom. The number of halogens is 1. The fourth-order valence-corrected chi connectivity index (χ4v) is 2.00. The van der Waals surface area contributed by atoms with Crippen molar-refractivity contribution in [1.82, 2.24) is 9.78 Å². The van der Waals surface area contributed by atoms with E-state index in [1.54, 1.807) is 6.20 Å². The van der Waals surface area contributed by atoms with E-state index >= 15 is 0 Å². The van der Waals surface area contributed by atoms with Gasteiger partial charge < -0.3 is 5.32 Å². The number of rotatable bonds is 5. The van der Waals surface area contributed by atoms with Crippen LogP contribution < -0.4 is 5.32 Å². The molecule has 0 spiro atoms. The van der Waals surface area contributed by atoms with Gasteiger partial charge in [0.25, 0.3) is 0 Å². The van der Waals surface area contributed by atoms with Crippen LogP contribution in [-0.2, 0) is 11.3 Å². The summed E-state index contributed by atoms with van der Waals surface area (Å²) in [6, 6.07) is 9.69. The third-order valence-electron chi connectivity index (χ3n) is 2.44. The molecule has 0 bridgehead atoms. The van der Waals surface area contributed by atoms with Crippen LogP contribution >= 0.6 is 15.9 Å². The molecule has 0 aliphatic carbocycles. The number of carbonyl (C=O) groups excluding carboxylic acids is 1. The largest absolute Gasteiger partial charge is 0.326 e. The van der Waals surface area contributed by atoms with Crippen LogP contribution in [0, 0.1) is 0 Å². The lowest BCUT2D eigenvalue weighted by Crippen LogP contribution is -2.11. The van der Waals surface area contributed by atoms with Crippen LogP contribution in [0.3, 0.4) is 0 Å². The average molecular weight is 308 g/mol. The first-order valence-electron chi connectivity index (χ1n) is 5.70. The zero-order valence-electron chi connectivity index (χ0n) is 9.84. The Morgan fingerprint density at radius 2 is 2.28 bits per heavy atom. The maximum Gasteiger partial charge on any atom is 0.225 e. The number of alkyl halides is 1. The quantitative estimate of drug-likeness (QED) is 0.863. The summed E-state index contributed by atoms with van der Waals surface area (Å²) in [5.74, 6) is 0.0168. The Kier molecular flexibility index (Phi) is 4.52. The lowest BCUT2D eigenvalue weighted by molar-refractivity contribution is -0.115. The molecular formula is C13H14BrN3O. The molecule has 2 aromatic rings. The Hall–Kier alpha value is -1.62. The maximum atomic E-state index is 11.5. The van der Waals surface area contributed by atoms with Crippen molar-refractivity contribution in [2.24, 2.45) is 0 Å². The smallest absolute Gasteiger partial charge is 0.225 e. The molecule has 1 heterocycles. The summed E-state index contributed by atoms with van der Waals surface area (Å²) in [4.78, 5) is 11.5. The minimum Gasteiger partial charge on any atom is -0.326 e. The molecule has 0 radical (unpaired) electrons. The minimum absolute atomic E-state index is 0.0168. The number of benzene rings is 1. The number of hydrogen-bond acceptors (Lipinski definition) is 2. The maximum absolute atomic E-state index is 11.5. The highest BCUT2D eigenvalue weighted by Gasteiger charge is 2.02. The molecule has 1 aromatic carbocycles. The molecule has 2 rings (SSSR count). The van der Waals surface area contributed by atoms with Crippen LogP contribution in [0.5, 0.6) is 0 Å². The van der Waals surface area contributed by atoms with E-state index in [0.29, 0.717) is 18.3 Å². The molecule has 0 fully saturated rings. The van der Waals surface area contributed by atoms with Crippen molar-refractivity contribution < 1.29 is 4.79 Å². The molecule has 1 N–H and O–H groups in total. The molecule has 0 aliphatic heterocycles. The number of amides is 1. The average Bonchev–Trinajstić information content (AvgIpc) is 2.82. The van der Waals surface area contributed by atoms with Crippen LogP contribution in [0.2, 0.25) is 0 Å². The van der Waals surface area contributed by atoms with Crippen molar-refractivity contribution >= 4 is 27.5 Å². The molecule has 5 heteroatoms. The van der Waals surface area contributed by atoms with Gasteiger partial charge in [-0.25, -0.2) is 0 Å². The van der Waals surface area contributed by atoms with Gasteiger partial charge in [-0.05, 0) is 23.8 Å². The number of carbonyl (C=O) groups is 1. The van der Waals surface area contributed by atoms with Crippen molar-refractivity contribution in [3.63, 3.8) is 0 Å². The molecule has 0 aliphatic rings. The Bertz CT molecular complexity index is 511. The number of nitrogens with zero attached hydrogens (tertiary/aromatic N) is 2. The van der Waals surface area contributed by atoms with Crippen molar-refractivity contribution in [2.75, 3.05) is 10.6 Å². The summed E-state index contributed by atoms with van der Waals surface area (Å²) in [7, 11) is 0. The van der Waals surface area contributed by atoms with Crippen LogP contribution in [0.1, 0.15) is 12.0 Å². The van der Waals surface area contributed by atoms with Gasteiger partial charge >= 0.3 is 0 Å². The second kappa shape index (κ2) is 6.35. The molecule has 94 valence electrons. The van der Waals surface area contributed by atoms with Gasteiger partial charge in [-0.1, -0.05) is 28.1 Å². The fraction of sp³-hybridized carbons (Fsp3) is 0.231. The van der Waals surface area contributed by atoms with Gasteiger partial charge in [-0.15, -0.1) is 0 Å². The number of aromatic nitrogens is 2. The standard InChI is InChI=1S/C13H14BrN3O/c14-6-5-13(18)16-12-4-1-3-11(9-12)10-17-8-2-7-15-17/h1-4,7-9H,5-6,10H2,(H,16,18). The summed E-state index contributed by atoms with van der Waals surface area (Å²) in [5, 5.41) is 7.69. The lowest BCUT2D eigenvalue weighted by Gasteiger charge is -2.07. The van der Waals surface area contributed by atoms with Gasteiger partial charge in [-0.2, -0.15) is 5.10 Å². The van der Waals surface area contributed by atoms with E-state index in [9.17, 15) is 4.79 Å². The second-order valence-electron chi connectivity index (χ2n) is 3.89. The van der Waals surface area contributed by atoms with Crippen LogP contribution in [0.4, 0.5) is 5.69 Å². The zero-order valence-corrected chi connectivity index (χ0v) is 11.4. The SMILES string of the molecule is O=C(CCBr)Nc1cccc(Cn2cccn2)c1. The van der Waals surface area contributed by atoms with Crippen molar-refractivity contribution in [2.45, 2.75) is 13.0 Å². The molecular weight excluding hydrogens is 294 g/mol. The summed E-state index contributed by atoms with van der Waals surface area (Å²) < 4.78 is 1.85. The van der Waals surface area contributed by atoms with Crippen LogP contribution in [0.25, 0.3) is 0 Å². The lowest BCUT2D eigenvalue weighted by atomic mass is 10.2. The number of nitrogens with one attached hydrogen (secondary N) is 1. The van der Waals surface area contributed by atoms with E-state index in [4.69, 9.17) is 0 Å². The molecule has 0 atom stereocenters. The van der Waals surface area contributed by atoms with Gasteiger partial charge in [-0.3, -0.25) is 9.48 Å². The topological polar surface area (TPSA) is 46.9 Å². The van der Waals surface area contributed by atoms with Gasteiger partial charge in [0.1, 0.15) is 0 Å². The minimum atomic E-state index is 0.0168. The van der Waals surface area contributed by atoms with Gasteiger partial charge in [0, 0.05) is 29.8 Å². The van der Waals surface area contributed by atoms with E-state index in [-0.39, 0.29) is 5.91 Å². The Labute approximate surface area is 114 Å². The predicted molar refractivity (Wildman–Crippen MR) is 74.8 cm³/mol. The van der Waals surface area contributed by atoms with Crippen LogP contribution in [-0.4, -0.2) is 21.0 Å². The van der Waals surface area contributed by atoms with Gasteiger partial charge in [0.05, 0.1) is 6.54 Å². The molecule has 0 saturated heterocycles. The van der Waals surface area contributed by atoms with E-state index in [1.165, 1.54) is 0 Å². The normalized spacial score (nSPS) is 10.3. The van der Waals surface area contributed by atoms with E-state index in [2.05, 4.69) is 26.3 Å². The molecule has 1 aromatic heterocycles. The molecule has 4 nitrogen and oxygen atoms in total. The number of anilines is 1. The second-order valence-corrected chi connectivity index (χ2v) is 4.68. The summed E-state index contributed by atoms with van der Waals surface area (Å²) in [6.45, 7) is 0.704. The molecule has 0 unspecified atom stereocenters. The van der Waals surface area contributed by atoms with E-state index in [0.717, 1.165) is 11.3 Å². The summed E-state index contributed by atoms with van der Waals surface area (Å²) in [6.07, 6.45) is 4.14. The van der Waals surface area contributed by atoms with E-state index < -0.39 is 0 Å².